The summed E-state index contributed by atoms with van der Waals surface area (Å²) in [5.74, 6) is 0.371. The number of hydrogen-bond donors (Lipinski definition) is 1. The molecule has 0 aliphatic rings. The predicted molar refractivity (Wildman–Crippen MR) is 64.1 cm³/mol. The van der Waals surface area contributed by atoms with E-state index < -0.39 is 10.0 Å². The SMILES string of the molecule is CC(COc1cccc(Cl)c1)CS(N)(=O)=O. The number of primary sulfonamides is 1. The van der Waals surface area contributed by atoms with Crippen LogP contribution in [0.5, 0.6) is 5.75 Å². The third-order valence-corrected chi connectivity index (χ3v) is 3.12. The van der Waals surface area contributed by atoms with E-state index in [1.807, 2.05) is 0 Å². The molecule has 1 rings (SSSR count). The molecule has 16 heavy (non-hydrogen) atoms. The second-order valence-corrected chi connectivity index (χ2v) is 5.80. The van der Waals surface area contributed by atoms with Gasteiger partial charge in [0.15, 0.2) is 0 Å². The first kappa shape index (κ1) is 13.3. The minimum atomic E-state index is -3.44. The van der Waals surface area contributed by atoms with E-state index in [0.717, 1.165) is 0 Å². The average Bonchev–Trinajstić information content (AvgIpc) is 2.12. The van der Waals surface area contributed by atoms with Gasteiger partial charge in [0.1, 0.15) is 5.75 Å². The maximum absolute atomic E-state index is 10.8. The molecule has 0 saturated heterocycles. The van der Waals surface area contributed by atoms with Gasteiger partial charge in [0.2, 0.25) is 10.0 Å². The van der Waals surface area contributed by atoms with E-state index in [1.54, 1.807) is 31.2 Å². The Morgan fingerprint density at radius 1 is 1.50 bits per heavy atom. The molecule has 4 nitrogen and oxygen atoms in total. The molecule has 0 saturated carbocycles. The maximum atomic E-state index is 10.8. The lowest BCUT2D eigenvalue weighted by molar-refractivity contribution is 0.272. The van der Waals surface area contributed by atoms with Gasteiger partial charge < -0.3 is 4.74 Å². The van der Waals surface area contributed by atoms with Crippen LogP contribution in [0.15, 0.2) is 24.3 Å². The first-order chi connectivity index (χ1) is 7.37. The van der Waals surface area contributed by atoms with Gasteiger partial charge >= 0.3 is 0 Å². The molecule has 90 valence electrons. The van der Waals surface area contributed by atoms with Gasteiger partial charge in [0, 0.05) is 10.9 Å². The first-order valence-corrected chi connectivity index (χ1v) is 6.85. The lowest BCUT2D eigenvalue weighted by Gasteiger charge is -2.11. The highest BCUT2D eigenvalue weighted by atomic mass is 35.5. The van der Waals surface area contributed by atoms with Gasteiger partial charge in [0.05, 0.1) is 12.4 Å². The van der Waals surface area contributed by atoms with E-state index in [9.17, 15) is 8.42 Å². The van der Waals surface area contributed by atoms with Crippen LogP contribution in [-0.4, -0.2) is 20.8 Å². The fourth-order valence-electron chi connectivity index (χ4n) is 1.24. The van der Waals surface area contributed by atoms with Crippen molar-refractivity contribution in [3.8, 4) is 5.75 Å². The summed E-state index contributed by atoms with van der Waals surface area (Å²) in [6.07, 6.45) is 0. The molecule has 1 atom stereocenters. The van der Waals surface area contributed by atoms with Gasteiger partial charge in [-0.15, -0.1) is 0 Å². The van der Waals surface area contributed by atoms with E-state index in [1.165, 1.54) is 0 Å². The summed E-state index contributed by atoms with van der Waals surface area (Å²) in [4.78, 5) is 0. The minimum absolute atomic E-state index is 0.0897. The Kier molecular flexibility index (Phi) is 4.58. The zero-order valence-corrected chi connectivity index (χ0v) is 10.5. The van der Waals surface area contributed by atoms with Crippen LogP contribution in [0.2, 0.25) is 5.02 Å². The second-order valence-electron chi connectivity index (χ2n) is 3.70. The van der Waals surface area contributed by atoms with Gasteiger partial charge in [-0.2, -0.15) is 0 Å². The van der Waals surface area contributed by atoms with Crippen LogP contribution in [0.25, 0.3) is 0 Å². The van der Waals surface area contributed by atoms with Crippen LogP contribution in [0.4, 0.5) is 0 Å². The first-order valence-electron chi connectivity index (χ1n) is 4.75. The third kappa shape index (κ3) is 5.34. The molecule has 0 heterocycles. The number of sulfonamides is 1. The summed E-state index contributed by atoms with van der Waals surface area (Å²) in [5.41, 5.74) is 0. The van der Waals surface area contributed by atoms with Crippen molar-refractivity contribution < 1.29 is 13.2 Å². The van der Waals surface area contributed by atoms with Crippen molar-refractivity contribution in [1.29, 1.82) is 0 Å². The highest BCUT2D eigenvalue weighted by Crippen LogP contribution is 2.17. The van der Waals surface area contributed by atoms with Gasteiger partial charge in [0.25, 0.3) is 0 Å². The molecule has 0 fully saturated rings. The van der Waals surface area contributed by atoms with Gasteiger partial charge in [-0.05, 0) is 18.2 Å². The fraction of sp³-hybridized carbons (Fsp3) is 0.400. The molecule has 0 bridgehead atoms. The van der Waals surface area contributed by atoms with Crippen LogP contribution in [0.3, 0.4) is 0 Å². The predicted octanol–water partition coefficient (Wildman–Crippen LogP) is 1.64. The van der Waals surface area contributed by atoms with Crippen molar-refractivity contribution in [1.82, 2.24) is 0 Å². The van der Waals surface area contributed by atoms with Crippen molar-refractivity contribution in [3.63, 3.8) is 0 Å². The molecule has 0 amide bonds. The summed E-state index contributed by atoms with van der Waals surface area (Å²) < 4.78 is 27.0. The van der Waals surface area contributed by atoms with Crippen LogP contribution in [0.1, 0.15) is 6.92 Å². The summed E-state index contributed by atoms with van der Waals surface area (Å²) in [5, 5.41) is 5.51. The Bertz CT molecular complexity index is 447. The fourth-order valence-corrected chi connectivity index (χ4v) is 2.31. The van der Waals surface area contributed by atoms with Gasteiger partial charge in [-0.1, -0.05) is 24.6 Å². The number of benzene rings is 1. The smallest absolute Gasteiger partial charge is 0.209 e. The molecular formula is C10H14ClNO3S. The Labute approximate surface area is 100 Å². The highest BCUT2D eigenvalue weighted by molar-refractivity contribution is 7.89. The quantitative estimate of drug-likeness (QED) is 0.878. The van der Waals surface area contributed by atoms with E-state index >= 15 is 0 Å². The van der Waals surface area contributed by atoms with Crippen molar-refractivity contribution in [2.75, 3.05) is 12.4 Å². The van der Waals surface area contributed by atoms with Crippen molar-refractivity contribution in [2.24, 2.45) is 11.1 Å². The summed E-state index contributed by atoms with van der Waals surface area (Å²) in [7, 11) is -3.44. The van der Waals surface area contributed by atoms with Crippen molar-refractivity contribution in [2.45, 2.75) is 6.92 Å². The van der Waals surface area contributed by atoms with Crippen LogP contribution < -0.4 is 9.88 Å². The van der Waals surface area contributed by atoms with Crippen LogP contribution in [-0.2, 0) is 10.0 Å². The molecule has 0 aliphatic heterocycles. The number of halogens is 1. The van der Waals surface area contributed by atoms with Gasteiger partial charge in [-0.3, -0.25) is 0 Å². The van der Waals surface area contributed by atoms with Crippen molar-refractivity contribution >= 4 is 21.6 Å². The van der Waals surface area contributed by atoms with Crippen LogP contribution in [0, 0.1) is 5.92 Å². The monoisotopic (exact) mass is 263 g/mol. The Morgan fingerprint density at radius 3 is 2.75 bits per heavy atom. The second kappa shape index (κ2) is 5.52. The van der Waals surface area contributed by atoms with E-state index in [0.29, 0.717) is 10.8 Å². The number of ether oxygens (including phenoxy) is 1. The molecule has 0 aliphatic carbocycles. The highest BCUT2D eigenvalue weighted by Gasteiger charge is 2.11. The third-order valence-electron chi connectivity index (χ3n) is 1.85. The molecule has 2 N–H and O–H groups in total. The molecule has 0 radical (unpaired) electrons. The summed E-state index contributed by atoms with van der Waals surface area (Å²) in [6, 6.07) is 6.94. The van der Waals surface area contributed by atoms with E-state index in [4.69, 9.17) is 21.5 Å². The van der Waals surface area contributed by atoms with E-state index in [-0.39, 0.29) is 18.3 Å². The largest absolute Gasteiger partial charge is 0.493 e. The molecule has 0 aromatic heterocycles. The maximum Gasteiger partial charge on any atom is 0.209 e. The molecule has 0 spiro atoms. The summed E-state index contributed by atoms with van der Waals surface area (Å²) >= 11 is 5.77. The van der Waals surface area contributed by atoms with Crippen LogP contribution >= 0.6 is 11.6 Å². The topological polar surface area (TPSA) is 69.4 Å². The minimum Gasteiger partial charge on any atom is -0.493 e. The lowest BCUT2D eigenvalue weighted by atomic mass is 10.2. The Hall–Kier alpha value is -0.780. The lowest BCUT2D eigenvalue weighted by Crippen LogP contribution is -2.25. The van der Waals surface area contributed by atoms with Gasteiger partial charge in [-0.25, -0.2) is 13.6 Å². The standard InChI is InChI=1S/C10H14ClNO3S/c1-8(7-16(12,13)14)6-15-10-4-2-3-9(11)5-10/h2-5,8H,6-7H2,1H3,(H2,12,13,14). The Balaban J connectivity index is 2.46. The number of rotatable bonds is 5. The average molecular weight is 264 g/mol. The molecule has 1 unspecified atom stereocenters. The molecule has 6 heteroatoms. The molecule has 1 aromatic rings. The zero-order chi connectivity index (χ0) is 12.2. The number of hydrogen-bond acceptors (Lipinski definition) is 3. The number of nitrogens with two attached hydrogens (primary N) is 1. The Morgan fingerprint density at radius 2 is 2.19 bits per heavy atom. The molecular weight excluding hydrogens is 250 g/mol. The van der Waals surface area contributed by atoms with Crippen molar-refractivity contribution in [3.05, 3.63) is 29.3 Å². The normalized spacial score (nSPS) is 13.4. The zero-order valence-electron chi connectivity index (χ0n) is 8.89. The molecule has 1 aromatic carbocycles. The van der Waals surface area contributed by atoms with E-state index in [2.05, 4.69) is 0 Å². The summed E-state index contributed by atoms with van der Waals surface area (Å²) in [6.45, 7) is 2.05.